The first-order valence-electron chi connectivity index (χ1n) is 6.34. The van der Waals surface area contributed by atoms with Crippen molar-refractivity contribution < 1.29 is 0 Å². The van der Waals surface area contributed by atoms with Crippen LogP contribution in [0, 0.1) is 5.92 Å². The van der Waals surface area contributed by atoms with Gasteiger partial charge in [-0.05, 0) is 42.0 Å². The first-order valence-corrected chi connectivity index (χ1v) is 9.01. The second-order valence-electron chi connectivity index (χ2n) is 4.73. The van der Waals surface area contributed by atoms with E-state index in [1.807, 2.05) is 24.3 Å². The molecule has 20 heavy (non-hydrogen) atoms. The average molecular weight is 437 g/mol. The zero-order chi connectivity index (χ0) is 14.5. The first-order chi connectivity index (χ1) is 9.61. The molecule has 0 aromatic heterocycles. The van der Waals surface area contributed by atoms with Crippen LogP contribution in [0.2, 0.25) is 10.0 Å². The van der Waals surface area contributed by atoms with E-state index >= 15 is 0 Å². The first kappa shape index (κ1) is 16.4. The molecule has 0 saturated heterocycles. The van der Waals surface area contributed by atoms with Gasteiger partial charge in [-0.3, -0.25) is 0 Å². The zero-order valence-electron chi connectivity index (χ0n) is 10.8. The van der Waals surface area contributed by atoms with Gasteiger partial charge in [0.15, 0.2) is 0 Å². The molecule has 0 aliphatic heterocycles. The number of rotatable bonds is 5. The predicted octanol–water partition coefficient (Wildman–Crippen LogP) is 6.55. The van der Waals surface area contributed by atoms with Crippen molar-refractivity contribution in [2.45, 2.75) is 12.8 Å². The molecule has 0 fully saturated rings. The molecule has 0 aliphatic carbocycles. The lowest BCUT2D eigenvalue weighted by atomic mass is 9.94. The highest BCUT2D eigenvalue weighted by molar-refractivity contribution is 9.10. The van der Waals surface area contributed by atoms with E-state index in [0.717, 1.165) is 28.2 Å². The van der Waals surface area contributed by atoms with E-state index in [2.05, 4.69) is 50.1 Å². The number of hydrogen-bond donors (Lipinski definition) is 0. The van der Waals surface area contributed by atoms with Crippen molar-refractivity contribution >= 4 is 55.1 Å². The fraction of sp³-hybridized carbons (Fsp3) is 0.250. The van der Waals surface area contributed by atoms with Crippen molar-refractivity contribution in [1.82, 2.24) is 0 Å². The summed E-state index contributed by atoms with van der Waals surface area (Å²) in [5, 5.41) is 2.22. The molecule has 2 aromatic carbocycles. The molecule has 4 heteroatoms. The van der Waals surface area contributed by atoms with Gasteiger partial charge in [-0.25, -0.2) is 0 Å². The largest absolute Gasteiger partial charge is 0.0925 e. The van der Waals surface area contributed by atoms with E-state index in [0.29, 0.717) is 16.0 Å². The molecular weight excluding hydrogens is 423 g/mol. The fourth-order valence-electron chi connectivity index (χ4n) is 2.17. The van der Waals surface area contributed by atoms with Gasteiger partial charge in [-0.2, -0.15) is 0 Å². The molecule has 106 valence electrons. The molecule has 1 unspecified atom stereocenters. The smallest absolute Gasteiger partial charge is 0.0624 e. The summed E-state index contributed by atoms with van der Waals surface area (Å²) in [6, 6.07) is 14.1. The van der Waals surface area contributed by atoms with E-state index < -0.39 is 0 Å². The maximum atomic E-state index is 6.27. The Morgan fingerprint density at radius 1 is 0.900 bits per heavy atom. The molecule has 2 aromatic rings. The number of halogens is 4. The Bertz CT molecular complexity index is 584. The van der Waals surface area contributed by atoms with Crippen LogP contribution in [0.25, 0.3) is 0 Å². The highest BCUT2D eigenvalue weighted by atomic mass is 79.9. The van der Waals surface area contributed by atoms with Crippen molar-refractivity contribution in [3.63, 3.8) is 0 Å². The normalized spacial score (nSPS) is 12.4. The van der Waals surface area contributed by atoms with Crippen molar-refractivity contribution in [3.05, 3.63) is 68.1 Å². The molecule has 2 rings (SSSR count). The Balaban J connectivity index is 2.14. The second kappa shape index (κ2) is 7.84. The minimum absolute atomic E-state index is 0.477. The SMILES string of the molecule is Clc1cccc(CC(CBr)Cc2ccccc2Br)c1Cl. The van der Waals surface area contributed by atoms with Crippen LogP contribution in [-0.4, -0.2) is 5.33 Å². The number of hydrogen-bond acceptors (Lipinski definition) is 0. The van der Waals surface area contributed by atoms with Crippen LogP contribution in [0.4, 0.5) is 0 Å². The quantitative estimate of drug-likeness (QED) is 0.466. The van der Waals surface area contributed by atoms with Crippen LogP contribution in [0.15, 0.2) is 46.9 Å². The predicted molar refractivity (Wildman–Crippen MR) is 95.3 cm³/mol. The minimum atomic E-state index is 0.477. The molecule has 1 atom stereocenters. The molecule has 0 heterocycles. The standard InChI is InChI=1S/C16H14Br2Cl2/c17-10-11(8-12-4-1-2-6-14(12)18)9-13-5-3-7-15(19)16(13)20/h1-7,11H,8-10H2. The van der Waals surface area contributed by atoms with Gasteiger partial charge in [0.2, 0.25) is 0 Å². The molecule has 0 saturated carbocycles. The average Bonchev–Trinajstić information content (AvgIpc) is 2.45. The van der Waals surface area contributed by atoms with E-state index in [1.165, 1.54) is 5.56 Å². The van der Waals surface area contributed by atoms with Crippen LogP contribution < -0.4 is 0 Å². The summed E-state index contributed by atoms with van der Waals surface area (Å²) < 4.78 is 1.16. The summed E-state index contributed by atoms with van der Waals surface area (Å²) in [5.74, 6) is 0.477. The number of benzene rings is 2. The van der Waals surface area contributed by atoms with Gasteiger partial charge >= 0.3 is 0 Å². The Morgan fingerprint density at radius 3 is 2.25 bits per heavy atom. The topological polar surface area (TPSA) is 0 Å². The Morgan fingerprint density at radius 2 is 1.55 bits per heavy atom. The molecule has 0 aliphatic rings. The van der Waals surface area contributed by atoms with Crippen LogP contribution in [0.3, 0.4) is 0 Å². The molecule has 0 radical (unpaired) electrons. The van der Waals surface area contributed by atoms with Crippen LogP contribution in [-0.2, 0) is 12.8 Å². The summed E-state index contributed by atoms with van der Waals surface area (Å²) in [6.45, 7) is 0. The van der Waals surface area contributed by atoms with E-state index in [1.54, 1.807) is 0 Å². The molecule has 0 bridgehead atoms. The Labute approximate surface area is 146 Å². The molecule has 0 amide bonds. The van der Waals surface area contributed by atoms with Crippen molar-refractivity contribution in [2.24, 2.45) is 5.92 Å². The van der Waals surface area contributed by atoms with Gasteiger partial charge in [-0.1, -0.05) is 85.4 Å². The summed E-state index contributed by atoms with van der Waals surface area (Å²) in [4.78, 5) is 0. The molecular formula is C16H14Br2Cl2. The van der Waals surface area contributed by atoms with E-state index in [9.17, 15) is 0 Å². The summed E-state index contributed by atoms with van der Waals surface area (Å²) in [5.41, 5.74) is 2.42. The monoisotopic (exact) mass is 434 g/mol. The van der Waals surface area contributed by atoms with Gasteiger partial charge < -0.3 is 0 Å². The summed E-state index contributed by atoms with van der Waals surface area (Å²) in [7, 11) is 0. The lowest BCUT2D eigenvalue weighted by Crippen LogP contribution is -2.10. The summed E-state index contributed by atoms with van der Waals surface area (Å²) in [6.07, 6.45) is 1.90. The highest BCUT2D eigenvalue weighted by Crippen LogP contribution is 2.29. The summed E-state index contributed by atoms with van der Waals surface area (Å²) >= 11 is 19.6. The maximum absolute atomic E-state index is 6.27. The van der Waals surface area contributed by atoms with Crippen molar-refractivity contribution in [2.75, 3.05) is 5.33 Å². The minimum Gasteiger partial charge on any atom is -0.0925 e. The van der Waals surface area contributed by atoms with Gasteiger partial charge in [0, 0.05) is 9.80 Å². The van der Waals surface area contributed by atoms with Gasteiger partial charge in [0.05, 0.1) is 10.0 Å². The molecule has 0 spiro atoms. The van der Waals surface area contributed by atoms with Crippen LogP contribution >= 0.6 is 55.1 Å². The third-order valence-electron chi connectivity index (χ3n) is 3.22. The fourth-order valence-corrected chi connectivity index (χ4v) is 3.48. The molecule has 0 N–H and O–H groups in total. The lowest BCUT2D eigenvalue weighted by molar-refractivity contribution is 0.590. The van der Waals surface area contributed by atoms with Gasteiger partial charge in [-0.15, -0.1) is 0 Å². The van der Waals surface area contributed by atoms with Gasteiger partial charge in [0.25, 0.3) is 0 Å². The number of alkyl halides is 1. The Hall–Kier alpha value is -0.0200. The van der Waals surface area contributed by atoms with Gasteiger partial charge in [0.1, 0.15) is 0 Å². The van der Waals surface area contributed by atoms with Crippen molar-refractivity contribution in [3.8, 4) is 0 Å². The van der Waals surface area contributed by atoms with E-state index in [-0.39, 0.29) is 0 Å². The lowest BCUT2D eigenvalue weighted by Gasteiger charge is -2.16. The Kier molecular flexibility index (Phi) is 6.41. The second-order valence-corrected chi connectivity index (χ2v) is 7.02. The van der Waals surface area contributed by atoms with Crippen molar-refractivity contribution in [1.29, 1.82) is 0 Å². The zero-order valence-corrected chi connectivity index (χ0v) is 15.4. The third-order valence-corrected chi connectivity index (χ3v) is 5.77. The van der Waals surface area contributed by atoms with Crippen LogP contribution in [0.5, 0.6) is 0 Å². The van der Waals surface area contributed by atoms with E-state index in [4.69, 9.17) is 23.2 Å². The maximum Gasteiger partial charge on any atom is 0.0624 e. The molecule has 0 nitrogen and oxygen atoms in total. The third kappa shape index (κ3) is 4.24. The van der Waals surface area contributed by atoms with Crippen LogP contribution in [0.1, 0.15) is 11.1 Å². The highest BCUT2D eigenvalue weighted by Gasteiger charge is 2.14.